The van der Waals surface area contributed by atoms with Gasteiger partial charge in [-0.1, -0.05) is 30.3 Å². The lowest BCUT2D eigenvalue weighted by Crippen LogP contribution is -2.36. The number of rotatable bonds is 5. The van der Waals surface area contributed by atoms with Crippen molar-refractivity contribution in [3.8, 4) is 0 Å². The SMILES string of the molecule is Cc1n(CCC(=O)[O-])cc[n+]1Cc1ccccc1. The average Bonchev–Trinajstić information content (AvgIpc) is 2.70. The van der Waals surface area contributed by atoms with Crippen molar-refractivity contribution < 1.29 is 14.5 Å². The van der Waals surface area contributed by atoms with Gasteiger partial charge in [-0.2, -0.15) is 0 Å². The number of aromatic nitrogens is 2. The number of nitrogens with zero attached hydrogens (tertiary/aromatic N) is 2. The van der Waals surface area contributed by atoms with E-state index in [0.717, 1.165) is 12.4 Å². The van der Waals surface area contributed by atoms with Crippen molar-refractivity contribution in [2.24, 2.45) is 0 Å². The van der Waals surface area contributed by atoms with Crippen molar-refractivity contribution in [3.05, 3.63) is 54.1 Å². The molecule has 0 unspecified atom stereocenters. The van der Waals surface area contributed by atoms with Crippen LogP contribution in [0.2, 0.25) is 0 Å². The lowest BCUT2D eigenvalue weighted by molar-refractivity contribution is -0.694. The summed E-state index contributed by atoms with van der Waals surface area (Å²) in [5.74, 6) is 0.0258. The maximum atomic E-state index is 10.5. The summed E-state index contributed by atoms with van der Waals surface area (Å²) in [4.78, 5) is 10.5. The van der Waals surface area contributed by atoms with E-state index < -0.39 is 5.97 Å². The van der Waals surface area contributed by atoms with Crippen molar-refractivity contribution in [1.82, 2.24) is 4.57 Å². The first-order valence-electron chi connectivity index (χ1n) is 5.96. The van der Waals surface area contributed by atoms with Gasteiger partial charge >= 0.3 is 0 Å². The summed E-state index contributed by atoms with van der Waals surface area (Å²) in [5, 5.41) is 10.5. The molecule has 0 aliphatic carbocycles. The Bertz CT molecular complexity index is 532. The Hall–Kier alpha value is -2.10. The molecule has 2 rings (SSSR count). The van der Waals surface area contributed by atoms with Crippen LogP contribution in [0.15, 0.2) is 42.7 Å². The van der Waals surface area contributed by atoms with Gasteiger partial charge in [-0.05, 0) is 5.56 Å². The summed E-state index contributed by atoms with van der Waals surface area (Å²) in [6, 6.07) is 10.2. The van der Waals surface area contributed by atoms with E-state index >= 15 is 0 Å². The molecule has 0 bridgehead atoms. The van der Waals surface area contributed by atoms with E-state index in [1.165, 1.54) is 5.56 Å². The summed E-state index contributed by atoms with van der Waals surface area (Å²) in [6.45, 7) is 3.24. The summed E-state index contributed by atoms with van der Waals surface area (Å²) in [5.41, 5.74) is 1.23. The number of carbonyl (C=O) groups excluding carboxylic acids is 1. The normalized spacial score (nSPS) is 10.5. The van der Waals surface area contributed by atoms with E-state index in [-0.39, 0.29) is 6.42 Å². The zero-order valence-electron chi connectivity index (χ0n) is 10.4. The van der Waals surface area contributed by atoms with E-state index in [1.54, 1.807) is 0 Å². The molecule has 0 radical (unpaired) electrons. The summed E-state index contributed by atoms with van der Waals surface area (Å²) >= 11 is 0. The van der Waals surface area contributed by atoms with E-state index in [0.29, 0.717) is 6.54 Å². The molecule has 0 N–H and O–H groups in total. The Morgan fingerprint density at radius 1 is 1.33 bits per heavy atom. The summed E-state index contributed by atoms with van der Waals surface area (Å²) in [6.07, 6.45) is 3.92. The quantitative estimate of drug-likeness (QED) is 0.709. The van der Waals surface area contributed by atoms with Crippen LogP contribution in [0.5, 0.6) is 0 Å². The first kappa shape index (κ1) is 12.4. The van der Waals surface area contributed by atoms with Gasteiger partial charge in [0.1, 0.15) is 18.9 Å². The monoisotopic (exact) mass is 244 g/mol. The number of imidazole rings is 1. The number of hydrogen-bond acceptors (Lipinski definition) is 2. The number of carboxylic acids is 1. The van der Waals surface area contributed by atoms with Gasteiger partial charge in [0.05, 0.1) is 6.54 Å². The highest BCUT2D eigenvalue weighted by Crippen LogP contribution is 2.01. The van der Waals surface area contributed by atoms with E-state index in [2.05, 4.69) is 16.7 Å². The zero-order chi connectivity index (χ0) is 13.0. The topological polar surface area (TPSA) is 48.9 Å². The predicted molar refractivity (Wildman–Crippen MR) is 64.5 cm³/mol. The molecule has 1 aromatic heterocycles. The summed E-state index contributed by atoms with van der Waals surface area (Å²) in [7, 11) is 0. The molecule has 4 heteroatoms. The Morgan fingerprint density at radius 2 is 2.06 bits per heavy atom. The Kier molecular flexibility index (Phi) is 3.77. The molecule has 2 aromatic rings. The van der Waals surface area contributed by atoms with Crippen LogP contribution in [0.3, 0.4) is 0 Å². The molecule has 94 valence electrons. The lowest BCUT2D eigenvalue weighted by Gasteiger charge is -2.02. The molecular formula is C14H16N2O2. The third-order valence-electron chi connectivity index (χ3n) is 3.01. The third-order valence-corrected chi connectivity index (χ3v) is 3.01. The van der Waals surface area contributed by atoms with Gasteiger partial charge in [-0.25, -0.2) is 9.13 Å². The molecule has 0 fully saturated rings. The second-order valence-electron chi connectivity index (χ2n) is 4.27. The predicted octanol–water partition coefficient (Wildman–Crippen LogP) is 0.272. The van der Waals surface area contributed by atoms with Crippen molar-refractivity contribution in [2.75, 3.05) is 0 Å². The zero-order valence-corrected chi connectivity index (χ0v) is 10.4. The molecule has 1 heterocycles. The van der Waals surface area contributed by atoms with Crippen LogP contribution >= 0.6 is 0 Å². The van der Waals surface area contributed by atoms with E-state index in [9.17, 15) is 9.90 Å². The fraction of sp³-hybridized carbons (Fsp3) is 0.286. The highest BCUT2D eigenvalue weighted by Gasteiger charge is 2.11. The maximum Gasteiger partial charge on any atom is 0.253 e. The fourth-order valence-electron chi connectivity index (χ4n) is 1.94. The van der Waals surface area contributed by atoms with Crippen molar-refractivity contribution in [2.45, 2.75) is 26.4 Å². The van der Waals surface area contributed by atoms with E-state index in [4.69, 9.17) is 0 Å². The number of hydrogen-bond donors (Lipinski definition) is 0. The van der Waals surface area contributed by atoms with Crippen LogP contribution in [-0.4, -0.2) is 10.5 Å². The number of carboxylic acid groups (broad SMARTS) is 1. The van der Waals surface area contributed by atoms with Crippen LogP contribution in [0.4, 0.5) is 0 Å². The van der Waals surface area contributed by atoms with Gasteiger partial charge < -0.3 is 9.90 Å². The first-order chi connectivity index (χ1) is 8.66. The highest BCUT2D eigenvalue weighted by atomic mass is 16.4. The van der Waals surface area contributed by atoms with Gasteiger partial charge in [-0.15, -0.1) is 0 Å². The van der Waals surface area contributed by atoms with Crippen LogP contribution < -0.4 is 9.67 Å². The molecule has 0 saturated carbocycles. The smallest absolute Gasteiger partial charge is 0.253 e. The molecule has 0 spiro atoms. The molecule has 4 nitrogen and oxygen atoms in total. The Labute approximate surface area is 106 Å². The van der Waals surface area contributed by atoms with Crippen LogP contribution in [0.25, 0.3) is 0 Å². The van der Waals surface area contributed by atoms with Crippen LogP contribution in [-0.2, 0) is 17.9 Å². The first-order valence-corrected chi connectivity index (χ1v) is 5.96. The minimum atomic E-state index is -1.02. The molecule has 0 aliphatic rings. The third kappa shape index (κ3) is 2.97. The van der Waals surface area contributed by atoms with Gasteiger partial charge in [0.2, 0.25) is 0 Å². The van der Waals surface area contributed by atoms with Crippen LogP contribution in [0.1, 0.15) is 17.8 Å². The second kappa shape index (κ2) is 5.49. The standard InChI is InChI=1S/C14H16N2O2/c1-12-15(8-7-14(17)18)9-10-16(12)11-13-5-3-2-4-6-13/h2-6,9-10H,7-8,11H2,1H3. The van der Waals surface area contributed by atoms with Gasteiger partial charge in [0, 0.05) is 19.3 Å². The summed E-state index contributed by atoms with van der Waals surface area (Å²) < 4.78 is 4.03. The molecule has 18 heavy (non-hydrogen) atoms. The molecule has 0 saturated heterocycles. The Morgan fingerprint density at radius 3 is 2.72 bits per heavy atom. The lowest BCUT2D eigenvalue weighted by atomic mass is 10.2. The van der Waals surface area contributed by atoms with Crippen molar-refractivity contribution in [3.63, 3.8) is 0 Å². The molecule has 0 atom stereocenters. The van der Waals surface area contributed by atoms with Gasteiger partial charge in [0.25, 0.3) is 5.82 Å². The Balaban J connectivity index is 2.08. The number of benzene rings is 1. The molecular weight excluding hydrogens is 228 g/mol. The average molecular weight is 244 g/mol. The maximum absolute atomic E-state index is 10.5. The minimum absolute atomic E-state index is 0.0425. The van der Waals surface area contributed by atoms with Crippen LogP contribution in [0, 0.1) is 6.92 Å². The van der Waals surface area contributed by atoms with Gasteiger partial charge in [-0.3, -0.25) is 0 Å². The van der Waals surface area contributed by atoms with E-state index in [1.807, 2.05) is 42.1 Å². The molecule has 0 aliphatic heterocycles. The molecule has 0 amide bonds. The minimum Gasteiger partial charge on any atom is -0.550 e. The van der Waals surface area contributed by atoms with Crippen molar-refractivity contribution >= 4 is 5.97 Å². The molecule has 1 aromatic carbocycles. The van der Waals surface area contributed by atoms with Crippen molar-refractivity contribution in [1.29, 1.82) is 0 Å². The highest BCUT2D eigenvalue weighted by molar-refractivity contribution is 5.64. The number of carbonyl (C=O) groups is 1. The number of aliphatic carboxylic acids is 1. The largest absolute Gasteiger partial charge is 0.550 e. The number of aryl methyl sites for hydroxylation is 1. The van der Waals surface area contributed by atoms with Gasteiger partial charge in [0.15, 0.2) is 0 Å². The fourth-order valence-corrected chi connectivity index (χ4v) is 1.94. The second-order valence-corrected chi connectivity index (χ2v) is 4.27.